The topological polar surface area (TPSA) is 85.4 Å². The lowest BCUT2D eigenvalue weighted by Gasteiger charge is -2.21. The van der Waals surface area contributed by atoms with Crippen LogP contribution in [0.1, 0.15) is 37.6 Å². The first-order valence-corrected chi connectivity index (χ1v) is 8.37. The van der Waals surface area contributed by atoms with Crippen LogP contribution in [0.3, 0.4) is 0 Å². The van der Waals surface area contributed by atoms with Crippen molar-refractivity contribution < 1.29 is 14.3 Å². The number of nitrogens with zero attached hydrogens (tertiary/aromatic N) is 2. The van der Waals surface area contributed by atoms with E-state index in [1.165, 1.54) is 6.33 Å². The first-order chi connectivity index (χ1) is 12.3. The van der Waals surface area contributed by atoms with Crippen LogP contribution >= 0.6 is 0 Å². The molecule has 0 saturated carbocycles. The van der Waals surface area contributed by atoms with Gasteiger partial charge in [-0.2, -0.15) is 0 Å². The van der Waals surface area contributed by atoms with Gasteiger partial charge in [-0.3, -0.25) is 0 Å². The average molecular weight is 358 g/mol. The normalized spacial score (nSPS) is 11.0. The van der Waals surface area contributed by atoms with Crippen LogP contribution in [0, 0.1) is 0 Å². The molecule has 140 valence electrons. The fourth-order valence-corrected chi connectivity index (χ4v) is 2.57. The molecule has 2 aromatic rings. The first kappa shape index (κ1) is 19.5. The van der Waals surface area contributed by atoms with Gasteiger partial charge in [0.15, 0.2) is 11.5 Å². The van der Waals surface area contributed by atoms with Crippen molar-refractivity contribution in [3.05, 3.63) is 47.5 Å². The van der Waals surface area contributed by atoms with Crippen LogP contribution in [0.2, 0.25) is 0 Å². The van der Waals surface area contributed by atoms with E-state index in [0.717, 1.165) is 16.8 Å². The number of hydrogen-bond acceptors (Lipinski definition) is 5. The Morgan fingerprint density at radius 3 is 2.42 bits per heavy atom. The van der Waals surface area contributed by atoms with Crippen LogP contribution in [-0.4, -0.2) is 30.2 Å². The van der Waals surface area contributed by atoms with Gasteiger partial charge in [0, 0.05) is 30.3 Å². The highest BCUT2D eigenvalue weighted by Crippen LogP contribution is 2.27. The summed E-state index contributed by atoms with van der Waals surface area (Å²) < 4.78 is 10.5. The van der Waals surface area contributed by atoms with Gasteiger partial charge < -0.3 is 20.1 Å². The number of nitrogens with one attached hydrogen (secondary N) is 2. The first-order valence-electron chi connectivity index (χ1n) is 8.37. The van der Waals surface area contributed by atoms with E-state index in [4.69, 9.17) is 9.47 Å². The summed E-state index contributed by atoms with van der Waals surface area (Å²) in [4.78, 5) is 20.5. The van der Waals surface area contributed by atoms with E-state index in [-0.39, 0.29) is 11.4 Å². The Morgan fingerprint density at radius 1 is 1.08 bits per heavy atom. The maximum absolute atomic E-state index is 12.1. The number of ether oxygens (including phenoxy) is 2. The monoisotopic (exact) mass is 358 g/mol. The van der Waals surface area contributed by atoms with Gasteiger partial charge >= 0.3 is 6.03 Å². The molecule has 1 aromatic heterocycles. The summed E-state index contributed by atoms with van der Waals surface area (Å²) in [5.41, 5.74) is 2.63. The lowest BCUT2D eigenvalue weighted by Crippen LogP contribution is -2.35. The highest BCUT2D eigenvalue weighted by atomic mass is 16.5. The summed E-state index contributed by atoms with van der Waals surface area (Å²) in [5, 5.41) is 5.68. The van der Waals surface area contributed by atoms with Crippen molar-refractivity contribution in [2.45, 2.75) is 39.3 Å². The SMILES string of the molecule is COc1ccc(CNC(=O)NCc2cncnc2C(C)(C)C)cc1OC. The third-order valence-corrected chi connectivity index (χ3v) is 3.84. The Morgan fingerprint density at radius 2 is 1.77 bits per heavy atom. The van der Waals surface area contributed by atoms with E-state index < -0.39 is 0 Å². The Bertz CT molecular complexity index is 757. The summed E-state index contributed by atoms with van der Waals surface area (Å²) in [5.74, 6) is 1.28. The molecule has 7 nitrogen and oxygen atoms in total. The standard InChI is InChI=1S/C19H26N4O3/c1-19(2,3)17-14(10-20-12-23-17)11-22-18(24)21-9-13-6-7-15(25-4)16(8-13)26-5/h6-8,10,12H,9,11H2,1-5H3,(H2,21,22,24). The average Bonchev–Trinajstić information content (AvgIpc) is 2.63. The molecule has 0 spiro atoms. The molecule has 1 aromatic carbocycles. The van der Waals surface area contributed by atoms with Crippen LogP contribution in [0.4, 0.5) is 4.79 Å². The largest absolute Gasteiger partial charge is 0.493 e. The Labute approximate surface area is 154 Å². The van der Waals surface area contributed by atoms with E-state index in [2.05, 4.69) is 41.4 Å². The molecule has 0 atom stereocenters. The maximum atomic E-state index is 12.1. The maximum Gasteiger partial charge on any atom is 0.315 e. The molecule has 2 rings (SSSR count). The van der Waals surface area contributed by atoms with E-state index in [1.54, 1.807) is 20.4 Å². The van der Waals surface area contributed by atoms with Gasteiger partial charge in [0.1, 0.15) is 6.33 Å². The van der Waals surface area contributed by atoms with Gasteiger partial charge in [0.25, 0.3) is 0 Å². The second-order valence-electron chi connectivity index (χ2n) is 6.87. The molecule has 2 N–H and O–H groups in total. The summed E-state index contributed by atoms with van der Waals surface area (Å²) in [7, 11) is 3.17. The minimum atomic E-state index is -0.261. The number of benzene rings is 1. The molecule has 0 aliphatic rings. The highest BCUT2D eigenvalue weighted by Gasteiger charge is 2.19. The highest BCUT2D eigenvalue weighted by molar-refractivity contribution is 5.73. The van der Waals surface area contributed by atoms with Crippen molar-refractivity contribution >= 4 is 6.03 Å². The van der Waals surface area contributed by atoms with Crippen molar-refractivity contribution in [2.24, 2.45) is 0 Å². The second-order valence-corrected chi connectivity index (χ2v) is 6.87. The lowest BCUT2D eigenvalue weighted by atomic mass is 9.89. The van der Waals surface area contributed by atoms with Gasteiger partial charge in [-0.25, -0.2) is 14.8 Å². The summed E-state index contributed by atoms with van der Waals surface area (Å²) in [6, 6.07) is 5.26. The minimum absolute atomic E-state index is 0.115. The number of hydrogen-bond donors (Lipinski definition) is 2. The Balaban J connectivity index is 1.93. The number of carbonyl (C=O) groups is 1. The molecule has 1 heterocycles. The van der Waals surface area contributed by atoms with Crippen molar-refractivity contribution in [3.8, 4) is 11.5 Å². The third-order valence-electron chi connectivity index (χ3n) is 3.84. The molecule has 0 aliphatic carbocycles. The van der Waals surface area contributed by atoms with Gasteiger partial charge in [0.2, 0.25) is 0 Å². The fraction of sp³-hybridized carbons (Fsp3) is 0.421. The van der Waals surface area contributed by atoms with Gasteiger partial charge in [-0.1, -0.05) is 26.8 Å². The predicted molar refractivity (Wildman–Crippen MR) is 99.4 cm³/mol. The van der Waals surface area contributed by atoms with Crippen molar-refractivity contribution in [1.29, 1.82) is 0 Å². The van der Waals surface area contributed by atoms with Crippen molar-refractivity contribution in [2.75, 3.05) is 14.2 Å². The molecule has 7 heteroatoms. The van der Waals surface area contributed by atoms with E-state index in [0.29, 0.717) is 24.6 Å². The number of rotatable bonds is 6. The quantitative estimate of drug-likeness (QED) is 0.829. The van der Waals surface area contributed by atoms with Crippen LogP contribution in [-0.2, 0) is 18.5 Å². The van der Waals surface area contributed by atoms with E-state index >= 15 is 0 Å². The van der Waals surface area contributed by atoms with Crippen LogP contribution in [0.25, 0.3) is 0 Å². The Hall–Kier alpha value is -2.83. The van der Waals surface area contributed by atoms with Crippen LogP contribution in [0.15, 0.2) is 30.7 Å². The molecule has 0 unspecified atom stereocenters. The molecule has 26 heavy (non-hydrogen) atoms. The number of aromatic nitrogens is 2. The number of urea groups is 1. The molecular weight excluding hydrogens is 332 g/mol. The molecule has 0 radical (unpaired) electrons. The zero-order valence-electron chi connectivity index (χ0n) is 15.9. The molecule has 0 fully saturated rings. The van der Waals surface area contributed by atoms with Gasteiger partial charge in [-0.05, 0) is 17.7 Å². The zero-order valence-corrected chi connectivity index (χ0v) is 15.9. The summed E-state index contributed by atoms with van der Waals surface area (Å²) >= 11 is 0. The van der Waals surface area contributed by atoms with E-state index in [1.807, 2.05) is 18.2 Å². The fourth-order valence-electron chi connectivity index (χ4n) is 2.57. The number of amides is 2. The van der Waals surface area contributed by atoms with Crippen molar-refractivity contribution in [1.82, 2.24) is 20.6 Å². The van der Waals surface area contributed by atoms with Crippen molar-refractivity contribution in [3.63, 3.8) is 0 Å². The number of carbonyl (C=O) groups excluding carboxylic acids is 1. The number of methoxy groups -OCH3 is 2. The predicted octanol–water partition coefficient (Wildman–Crippen LogP) is 2.79. The molecule has 0 aliphatic heterocycles. The van der Waals surface area contributed by atoms with Crippen LogP contribution < -0.4 is 20.1 Å². The minimum Gasteiger partial charge on any atom is -0.493 e. The molecular formula is C19H26N4O3. The lowest BCUT2D eigenvalue weighted by molar-refractivity contribution is 0.240. The van der Waals surface area contributed by atoms with Gasteiger partial charge in [-0.15, -0.1) is 0 Å². The molecule has 0 bridgehead atoms. The van der Waals surface area contributed by atoms with Gasteiger partial charge in [0.05, 0.1) is 19.9 Å². The summed E-state index contributed by atoms with van der Waals surface area (Å²) in [6.07, 6.45) is 3.27. The molecule has 0 saturated heterocycles. The zero-order chi connectivity index (χ0) is 19.2. The van der Waals surface area contributed by atoms with Crippen LogP contribution in [0.5, 0.6) is 11.5 Å². The second kappa shape index (κ2) is 8.51. The molecule has 2 amide bonds. The summed E-state index contributed by atoms with van der Waals surface area (Å²) in [6.45, 7) is 6.98. The van der Waals surface area contributed by atoms with E-state index in [9.17, 15) is 4.79 Å². The smallest absolute Gasteiger partial charge is 0.315 e. The Kier molecular flexibility index (Phi) is 6.38. The third kappa shape index (κ3) is 5.08.